The Morgan fingerprint density at radius 1 is 1.38 bits per heavy atom. The summed E-state index contributed by atoms with van der Waals surface area (Å²) in [5, 5.41) is 4.22. The van der Waals surface area contributed by atoms with Gasteiger partial charge in [0.15, 0.2) is 10.8 Å². The molecule has 1 aliphatic rings. The molecule has 1 fully saturated rings. The number of fused-ring (bicyclic) bond motifs is 1. The minimum atomic E-state index is -0.275. The van der Waals surface area contributed by atoms with E-state index in [0.29, 0.717) is 27.8 Å². The summed E-state index contributed by atoms with van der Waals surface area (Å²) in [5.41, 5.74) is 1.03. The first-order valence-corrected chi connectivity index (χ1v) is 10.8. The lowest BCUT2D eigenvalue weighted by Crippen LogP contribution is -2.34. The highest BCUT2D eigenvalue weighted by atomic mass is 35.5. The van der Waals surface area contributed by atoms with E-state index in [4.69, 9.17) is 11.6 Å². The number of anilines is 1. The predicted octanol–water partition coefficient (Wildman–Crippen LogP) is 3.06. The molecular formula is C20H22ClN5O2S. The lowest BCUT2D eigenvalue weighted by molar-refractivity contribution is -0.121. The summed E-state index contributed by atoms with van der Waals surface area (Å²) in [4.78, 5) is 36.2. The van der Waals surface area contributed by atoms with E-state index in [2.05, 4.69) is 27.1 Å². The smallest absolute Gasteiger partial charge is 0.273 e. The summed E-state index contributed by atoms with van der Waals surface area (Å²) in [7, 11) is 0. The quantitative estimate of drug-likeness (QED) is 0.671. The average Bonchev–Trinajstić information content (AvgIpc) is 3.15. The van der Waals surface area contributed by atoms with Gasteiger partial charge in [-0.05, 0) is 30.4 Å². The van der Waals surface area contributed by atoms with E-state index in [0.717, 1.165) is 30.2 Å². The van der Waals surface area contributed by atoms with E-state index in [1.54, 1.807) is 6.07 Å². The molecule has 0 bridgehead atoms. The van der Waals surface area contributed by atoms with Crippen LogP contribution in [0.1, 0.15) is 25.3 Å². The number of carbonyl (C=O) groups is 1. The zero-order chi connectivity index (χ0) is 20.4. The molecule has 0 aliphatic carbocycles. The standard InChI is InChI=1S/C20H22ClN5O2S/c1-13-5-4-8-25(10-13)20-24-18-17(29-20)19(28)26(12-23-18)11-16(27)22-9-14-6-2-3-7-15(14)21/h2-3,6-7,12-13H,4-5,8-11H2,1H3,(H,22,27). The monoisotopic (exact) mass is 431 g/mol. The Morgan fingerprint density at radius 2 is 2.21 bits per heavy atom. The molecule has 1 aliphatic heterocycles. The number of aromatic nitrogens is 3. The molecule has 7 nitrogen and oxygen atoms in total. The molecule has 1 aromatic carbocycles. The molecule has 9 heteroatoms. The van der Waals surface area contributed by atoms with Gasteiger partial charge in [0.05, 0.1) is 0 Å². The number of carbonyl (C=O) groups excluding carboxylic acids is 1. The minimum Gasteiger partial charge on any atom is -0.350 e. The zero-order valence-corrected chi connectivity index (χ0v) is 17.7. The van der Waals surface area contributed by atoms with Gasteiger partial charge in [0.2, 0.25) is 5.91 Å². The van der Waals surface area contributed by atoms with Crippen LogP contribution in [0.25, 0.3) is 10.3 Å². The highest BCUT2D eigenvalue weighted by Crippen LogP contribution is 2.29. The third kappa shape index (κ3) is 4.43. The predicted molar refractivity (Wildman–Crippen MR) is 116 cm³/mol. The molecule has 29 heavy (non-hydrogen) atoms. The molecule has 1 unspecified atom stereocenters. The van der Waals surface area contributed by atoms with Gasteiger partial charge < -0.3 is 10.2 Å². The van der Waals surface area contributed by atoms with Crippen LogP contribution in [0.15, 0.2) is 35.4 Å². The van der Waals surface area contributed by atoms with Gasteiger partial charge in [-0.15, -0.1) is 0 Å². The Morgan fingerprint density at radius 3 is 3.00 bits per heavy atom. The van der Waals surface area contributed by atoms with Crippen molar-refractivity contribution in [3.8, 4) is 0 Å². The van der Waals surface area contributed by atoms with Crippen molar-refractivity contribution in [1.29, 1.82) is 0 Å². The number of benzene rings is 1. The molecule has 1 saturated heterocycles. The van der Waals surface area contributed by atoms with Gasteiger partial charge in [0.25, 0.3) is 5.56 Å². The van der Waals surface area contributed by atoms with Crippen molar-refractivity contribution in [3.05, 3.63) is 51.5 Å². The summed E-state index contributed by atoms with van der Waals surface area (Å²) in [6.07, 6.45) is 3.73. The van der Waals surface area contributed by atoms with Crippen molar-refractivity contribution in [1.82, 2.24) is 19.9 Å². The van der Waals surface area contributed by atoms with Crippen molar-refractivity contribution >= 4 is 44.3 Å². The summed E-state index contributed by atoms with van der Waals surface area (Å²) >= 11 is 7.46. The number of halogens is 1. The molecule has 152 valence electrons. The molecule has 3 aromatic rings. The van der Waals surface area contributed by atoms with Crippen LogP contribution in [0.3, 0.4) is 0 Å². The van der Waals surface area contributed by atoms with Crippen molar-refractivity contribution in [3.63, 3.8) is 0 Å². The van der Waals surface area contributed by atoms with Crippen LogP contribution in [0.5, 0.6) is 0 Å². The van der Waals surface area contributed by atoms with Crippen molar-refractivity contribution in [2.45, 2.75) is 32.9 Å². The van der Waals surface area contributed by atoms with Crippen LogP contribution in [0, 0.1) is 5.92 Å². The summed E-state index contributed by atoms with van der Waals surface area (Å²) in [6, 6.07) is 7.32. The van der Waals surface area contributed by atoms with Gasteiger partial charge in [-0.2, -0.15) is 4.98 Å². The van der Waals surface area contributed by atoms with Crippen LogP contribution >= 0.6 is 22.9 Å². The van der Waals surface area contributed by atoms with Crippen molar-refractivity contribution in [2.75, 3.05) is 18.0 Å². The van der Waals surface area contributed by atoms with E-state index in [1.165, 1.54) is 28.7 Å². The molecule has 1 atom stereocenters. The van der Waals surface area contributed by atoms with Gasteiger partial charge >= 0.3 is 0 Å². The minimum absolute atomic E-state index is 0.0970. The van der Waals surface area contributed by atoms with E-state index < -0.39 is 0 Å². The van der Waals surface area contributed by atoms with Crippen LogP contribution in [0.2, 0.25) is 5.02 Å². The summed E-state index contributed by atoms with van der Waals surface area (Å²) < 4.78 is 1.81. The molecule has 0 radical (unpaired) electrons. The van der Waals surface area contributed by atoms with Gasteiger partial charge in [0.1, 0.15) is 17.6 Å². The molecule has 1 amide bonds. The second-order valence-corrected chi connectivity index (χ2v) is 8.77. The molecular weight excluding hydrogens is 410 g/mol. The fourth-order valence-corrected chi connectivity index (χ4v) is 4.70. The fourth-order valence-electron chi connectivity index (χ4n) is 3.49. The van der Waals surface area contributed by atoms with Crippen LogP contribution in [0.4, 0.5) is 5.13 Å². The average molecular weight is 432 g/mol. The highest BCUT2D eigenvalue weighted by Gasteiger charge is 2.21. The molecule has 3 heterocycles. The number of hydrogen-bond donors (Lipinski definition) is 1. The first kappa shape index (κ1) is 19.8. The number of nitrogens with zero attached hydrogens (tertiary/aromatic N) is 4. The molecule has 0 saturated carbocycles. The van der Waals surface area contributed by atoms with E-state index in [1.807, 2.05) is 18.2 Å². The van der Waals surface area contributed by atoms with Gasteiger partial charge in [-0.3, -0.25) is 14.2 Å². The van der Waals surface area contributed by atoms with Gasteiger partial charge in [-0.1, -0.05) is 48.1 Å². The fraction of sp³-hybridized carbons (Fsp3) is 0.400. The van der Waals surface area contributed by atoms with Crippen LogP contribution < -0.4 is 15.8 Å². The number of nitrogens with one attached hydrogen (secondary N) is 1. The second kappa shape index (κ2) is 8.51. The summed E-state index contributed by atoms with van der Waals surface area (Å²) in [5.74, 6) is 0.338. The van der Waals surface area contributed by atoms with E-state index in [-0.39, 0.29) is 18.0 Å². The molecule has 0 spiro atoms. The maximum atomic E-state index is 12.8. The Labute approximate surface area is 177 Å². The second-order valence-electron chi connectivity index (χ2n) is 7.39. The summed E-state index contributed by atoms with van der Waals surface area (Å²) in [6.45, 7) is 4.33. The third-order valence-corrected chi connectivity index (χ3v) is 6.51. The maximum absolute atomic E-state index is 12.8. The number of piperidine rings is 1. The van der Waals surface area contributed by atoms with E-state index in [9.17, 15) is 9.59 Å². The maximum Gasteiger partial charge on any atom is 0.273 e. The lowest BCUT2D eigenvalue weighted by Gasteiger charge is -2.30. The molecule has 1 N–H and O–H groups in total. The van der Waals surface area contributed by atoms with Crippen molar-refractivity contribution in [2.24, 2.45) is 5.92 Å². The molecule has 4 rings (SSSR count). The van der Waals surface area contributed by atoms with Crippen LogP contribution in [-0.4, -0.2) is 33.5 Å². The lowest BCUT2D eigenvalue weighted by atomic mass is 10.0. The van der Waals surface area contributed by atoms with Crippen LogP contribution in [-0.2, 0) is 17.9 Å². The number of thiazole rings is 1. The SMILES string of the molecule is CC1CCCN(c2nc3ncn(CC(=O)NCc4ccccc4Cl)c(=O)c3s2)C1. The Bertz CT molecular complexity index is 1100. The highest BCUT2D eigenvalue weighted by molar-refractivity contribution is 7.22. The normalized spacial score (nSPS) is 16.9. The van der Waals surface area contributed by atoms with Crippen molar-refractivity contribution < 1.29 is 4.79 Å². The molecule has 2 aromatic heterocycles. The largest absolute Gasteiger partial charge is 0.350 e. The first-order chi connectivity index (χ1) is 14.0. The number of rotatable bonds is 5. The topological polar surface area (TPSA) is 80.1 Å². The number of hydrogen-bond acceptors (Lipinski definition) is 6. The first-order valence-electron chi connectivity index (χ1n) is 9.62. The Kier molecular flexibility index (Phi) is 5.82. The van der Waals surface area contributed by atoms with Gasteiger partial charge in [-0.25, -0.2) is 4.98 Å². The third-order valence-electron chi connectivity index (χ3n) is 5.05. The number of amides is 1. The Hall–Kier alpha value is -2.45. The zero-order valence-electron chi connectivity index (χ0n) is 16.1. The Balaban J connectivity index is 1.48. The van der Waals surface area contributed by atoms with E-state index >= 15 is 0 Å². The van der Waals surface area contributed by atoms with Gasteiger partial charge in [0, 0.05) is 24.7 Å².